The molecule has 82 valence electrons. The Morgan fingerprint density at radius 1 is 1.60 bits per heavy atom. The topological polar surface area (TPSA) is 63.3 Å². The molecule has 0 spiro atoms. The number of hydrogen-bond acceptors (Lipinski definition) is 2. The Kier molecular flexibility index (Phi) is 3.80. The van der Waals surface area contributed by atoms with Crippen LogP contribution in [0.1, 0.15) is 30.5 Å². The van der Waals surface area contributed by atoms with Crippen LogP contribution < -0.4 is 5.73 Å². The molecular formula is C11H14FNO2. The lowest BCUT2D eigenvalue weighted by Gasteiger charge is -2.13. The summed E-state index contributed by atoms with van der Waals surface area (Å²) in [6.07, 6.45) is 0.527. The largest absolute Gasteiger partial charge is 0.481 e. The van der Waals surface area contributed by atoms with Crippen LogP contribution in [0, 0.1) is 5.82 Å². The van der Waals surface area contributed by atoms with Crippen molar-refractivity contribution >= 4 is 5.97 Å². The molecule has 0 bridgehead atoms. The summed E-state index contributed by atoms with van der Waals surface area (Å²) in [5.41, 5.74) is 7.17. The fourth-order valence-corrected chi connectivity index (χ4v) is 1.53. The Labute approximate surface area is 87.7 Å². The van der Waals surface area contributed by atoms with Crippen molar-refractivity contribution in [1.82, 2.24) is 0 Å². The van der Waals surface area contributed by atoms with Crippen molar-refractivity contribution in [2.75, 3.05) is 0 Å². The molecule has 0 aliphatic carbocycles. The van der Waals surface area contributed by atoms with E-state index in [0.717, 1.165) is 5.56 Å². The number of nitrogens with two attached hydrogens (primary N) is 1. The average molecular weight is 211 g/mol. The predicted molar refractivity (Wildman–Crippen MR) is 55.0 cm³/mol. The first-order valence-corrected chi connectivity index (χ1v) is 4.80. The van der Waals surface area contributed by atoms with Crippen molar-refractivity contribution in [2.24, 2.45) is 5.73 Å². The second kappa shape index (κ2) is 4.89. The molecule has 0 heterocycles. The molecule has 3 nitrogen and oxygen atoms in total. The number of hydrogen-bond donors (Lipinski definition) is 2. The van der Waals surface area contributed by atoms with Crippen LogP contribution in [0.15, 0.2) is 18.2 Å². The van der Waals surface area contributed by atoms with Gasteiger partial charge >= 0.3 is 5.97 Å². The Morgan fingerprint density at radius 2 is 2.27 bits per heavy atom. The molecule has 0 aromatic heterocycles. The molecule has 0 saturated heterocycles. The molecule has 1 rings (SSSR count). The minimum absolute atomic E-state index is 0.184. The minimum atomic E-state index is -0.978. The highest BCUT2D eigenvalue weighted by atomic mass is 19.1. The smallest absolute Gasteiger partial charge is 0.305 e. The molecule has 1 aromatic rings. The average Bonchev–Trinajstić information content (AvgIpc) is 2.16. The van der Waals surface area contributed by atoms with Crippen molar-refractivity contribution in [3.63, 3.8) is 0 Å². The molecule has 15 heavy (non-hydrogen) atoms. The summed E-state index contributed by atoms with van der Waals surface area (Å²) in [6, 6.07) is 3.67. The summed E-state index contributed by atoms with van der Waals surface area (Å²) in [6.45, 7) is 1.92. The molecule has 3 N–H and O–H groups in total. The number of halogens is 1. The summed E-state index contributed by atoms with van der Waals surface area (Å²) < 4.78 is 13.0. The van der Waals surface area contributed by atoms with E-state index >= 15 is 0 Å². The maximum atomic E-state index is 13.0. The van der Waals surface area contributed by atoms with E-state index in [4.69, 9.17) is 10.8 Å². The maximum absolute atomic E-state index is 13.0. The summed E-state index contributed by atoms with van der Waals surface area (Å²) in [4.78, 5) is 10.5. The zero-order valence-corrected chi connectivity index (χ0v) is 8.53. The molecule has 0 saturated carbocycles. The third-order valence-corrected chi connectivity index (χ3v) is 2.28. The number of carboxylic acid groups (broad SMARTS) is 1. The van der Waals surface area contributed by atoms with Gasteiger partial charge in [-0.25, -0.2) is 4.39 Å². The summed E-state index contributed by atoms with van der Waals surface area (Å²) in [7, 11) is 0. The van der Waals surface area contributed by atoms with Crippen molar-refractivity contribution in [3.8, 4) is 0 Å². The van der Waals surface area contributed by atoms with Crippen LogP contribution >= 0.6 is 0 Å². The number of rotatable bonds is 4. The van der Waals surface area contributed by atoms with E-state index in [-0.39, 0.29) is 12.2 Å². The molecule has 4 heteroatoms. The minimum Gasteiger partial charge on any atom is -0.481 e. The van der Waals surface area contributed by atoms with E-state index in [1.54, 1.807) is 6.07 Å². The van der Waals surface area contributed by atoms with Gasteiger partial charge in [-0.15, -0.1) is 0 Å². The first-order chi connectivity index (χ1) is 7.04. The highest BCUT2D eigenvalue weighted by Gasteiger charge is 2.14. The fourth-order valence-electron chi connectivity index (χ4n) is 1.53. The van der Waals surface area contributed by atoms with E-state index in [2.05, 4.69) is 0 Å². The van der Waals surface area contributed by atoms with Gasteiger partial charge in [-0.1, -0.05) is 13.0 Å². The van der Waals surface area contributed by atoms with E-state index in [0.29, 0.717) is 12.0 Å². The van der Waals surface area contributed by atoms with Crippen LogP contribution in [0.25, 0.3) is 0 Å². The third-order valence-electron chi connectivity index (χ3n) is 2.28. The van der Waals surface area contributed by atoms with Crippen LogP contribution in [0.5, 0.6) is 0 Å². The molecule has 0 aliphatic rings. The monoisotopic (exact) mass is 211 g/mol. The predicted octanol–water partition coefficient (Wildman–Crippen LogP) is 1.86. The molecule has 0 radical (unpaired) electrons. The van der Waals surface area contributed by atoms with Crippen molar-refractivity contribution in [3.05, 3.63) is 35.1 Å². The SMILES string of the molecule is CCc1ccc(F)cc1C(N)CC(=O)O. The van der Waals surface area contributed by atoms with E-state index in [1.165, 1.54) is 12.1 Å². The third kappa shape index (κ3) is 3.02. The summed E-state index contributed by atoms with van der Waals surface area (Å²) in [5, 5.41) is 8.60. The molecule has 0 amide bonds. The standard InChI is InChI=1S/C11H14FNO2/c1-2-7-3-4-8(12)5-9(7)10(13)6-11(14)15/h3-5,10H,2,6,13H2,1H3,(H,14,15). The van der Waals surface area contributed by atoms with Crippen LogP contribution in [-0.4, -0.2) is 11.1 Å². The van der Waals surface area contributed by atoms with Crippen LogP contribution in [0.2, 0.25) is 0 Å². The molecule has 1 unspecified atom stereocenters. The van der Waals surface area contributed by atoms with Gasteiger partial charge < -0.3 is 10.8 Å². The number of aryl methyl sites for hydroxylation is 1. The maximum Gasteiger partial charge on any atom is 0.305 e. The van der Waals surface area contributed by atoms with Crippen LogP contribution in [-0.2, 0) is 11.2 Å². The Bertz CT molecular complexity index is 366. The molecular weight excluding hydrogens is 197 g/mol. The summed E-state index contributed by atoms with van der Waals surface area (Å²) >= 11 is 0. The molecule has 1 aromatic carbocycles. The van der Waals surface area contributed by atoms with Crippen molar-refractivity contribution in [1.29, 1.82) is 0 Å². The van der Waals surface area contributed by atoms with Gasteiger partial charge in [0.15, 0.2) is 0 Å². The quantitative estimate of drug-likeness (QED) is 0.799. The van der Waals surface area contributed by atoms with Crippen LogP contribution in [0.3, 0.4) is 0 Å². The highest BCUT2D eigenvalue weighted by molar-refractivity contribution is 5.68. The van der Waals surface area contributed by atoms with Gasteiger partial charge in [0.05, 0.1) is 6.42 Å². The molecule has 0 fully saturated rings. The van der Waals surface area contributed by atoms with Gasteiger partial charge in [0, 0.05) is 6.04 Å². The fraction of sp³-hybridized carbons (Fsp3) is 0.364. The zero-order valence-electron chi connectivity index (χ0n) is 8.53. The van der Waals surface area contributed by atoms with E-state index in [1.807, 2.05) is 6.92 Å². The lowest BCUT2D eigenvalue weighted by molar-refractivity contribution is -0.137. The Hall–Kier alpha value is -1.42. The first kappa shape index (κ1) is 11.7. The van der Waals surface area contributed by atoms with Gasteiger partial charge in [-0.3, -0.25) is 4.79 Å². The second-order valence-electron chi connectivity index (χ2n) is 3.40. The van der Waals surface area contributed by atoms with Crippen molar-refractivity contribution in [2.45, 2.75) is 25.8 Å². The zero-order chi connectivity index (χ0) is 11.4. The van der Waals surface area contributed by atoms with Gasteiger partial charge in [-0.2, -0.15) is 0 Å². The number of aliphatic carboxylic acids is 1. The Morgan fingerprint density at radius 3 is 2.80 bits per heavy atom. The second-order valence-corrected chi connectivity index (χ2v) is 3.40. The van der Waals surface area contributed by atoms with Gasteiger partial charge in [-0.05, 0) is 29.7 Å². The van der Waals surface area contributed by atoms with Crippen molar-refractivity contribution < 1.29 is 14.3 Å². The highest BCUT2D eigenvalue weighted by Crippen LogP contribution is 2.20. The van der Waals surface area contributed by atoms with Gasteiger partial charge in [0.2, 0.25) is 0 Å². The number of carbonyl (C=O) groups is 1. The summed E-state index contributed by atoms with van der Waals surface area (Å²) in [5.74, 6) is -1.36. The lowest BCUT2D eigenvalue weighted by atomic mass is 9.97. The lowest BCUT2D eigenvalue weighted by Crippen LogP contribution is -2.16. The van der Waals surface area contributed by atoms with E-state index < -0.39 is 12.0 Å². The van der Waals surface area contributed by atoms with E-state index in [9.17, 15) is 9.18 Å². The molecule has 0 aliphatic heterocycles. The van der Waals surface area contributed by atoms with Crippen LogP contribution in [0.4, 0.5) is 4.39 Å². The molecule has 1 atom stereocenters. The Balaban J connectivity index is 2.99. The normalized spacial score (nSPS) is 12.5. The number of carboxylic acids is 1. The van der Waals surface area contributed by atoms with Gasteiger partial charge in [0.1, 0.15) is 5.82 Å². The number of benzene rings is 1. The van der Waals surface area contributed by atoms with Gasteiger partial charge in [0.25, 0.3) is 0 Å². The first-order valence-electron chi connectivity index (χ1n) is 4.80.